The number of aliphatic hydroxyl groups is 1. The number of carbonyl (C=O) groups is 1. The van der Waals surface area contributed by atoms with Gasteiger partial charge in [0, 0.05) is 25.7 Å². The van der Waals surface area contributed by atoms with E-state index in [1.165, 1.54) is 5.56 Å². The maximum atomic E-state index is 11.1. The first-order valence-corrected chi connectivity index (χ1v) is 12.3. The maximum absolute atomic E-state index is 11.1. The van der Waals surface area contributed by atoms with Crippen LogP contribution >= 0.6 is 0 Å². The minimum Gasteiger partial charge on any atom is -0.497 e. The van der Waals surface area contributed by atoms with Crippen molar-refractivity contribution < 1.29 is 28.8 Å². The van der Waals surface area contributed by atoms with Gasteiger partial charge in [0.25, 0.3) is 0 Å². The van der Waals surface area contributed by atoms with Crippen LogP contribution in [0.15, 0.2) is 48.5 Å². The van der Waals surface area contributed by atoms with Crippen molar-refractivity contribution in [2.75, 3.05) is 27.4 Å². The topological polar surface area (TPSA) is 74.2 Å². The molecule has 0 amide bonds. The van der Waals surface area contributed by atoms with Crippen LogP contribution in [-0.2, 0) is 19.9 Å². The summed E-state index contributed by atoms with van der Waals surface area (Å²) in [7, 11) is 3.32. The Balaban J connectivity index is 0.000000166. The molecule has 2 aromatic rings. The van der Waals surface area contributed by atoms with Gasteiger partial charge in [0.15, 0.2) is 5.79 Å². The zero-order valence-electron chi connectivity index (χ0n) is 20.3. The van der Waals surface area contributed by atoms with Gasteiger partial charge < -0.3 is 24.1 Å². The van der Waals surface area contributed by atoms with Gasteiger partial charge in [-0.15, -0.1) is 0 Å². The van der Waals surface area contributed by atoms with Crippen molar-refractivity contribution in [3.05, 3.63) is 59.7 Å². The number of carbonyl (C=O) groups excluding carboxylic acids is 1. The van der Waals surface area contributed by atoms with Gasteiger partial charge in [0.1, 0.15) is 17.3 Å². The van der Waals surface area contributed by atoms with Crippen molar-refractivity contribution in [3.8, 4) is 11.5 Å². The number of hydrogen-bond acceptors (Lipinski definition) is 6. The normalized spacial score (nSPS) is 21.6. The molecule has 1 aliphatic heterocycles. The molecule has 5 rings (SSSR count). The first kappa shape index (κ1) is 24.7. The molecule has 0 atom stereocenters. The van der Waals surface area contributed by atoms with Crippen LogP contribution in [0.3, 0.4) is 0 Å². The molecule has 6 nitrogen and oxygen atoms in total. The fraction of sp³-hybridized carbons (Fsp3) is 0.536. The van der Waals surface area contributed by atoms with Gasteiger partial charge in [-0.1, -0.05) is 24.3 Å². The zero-order chi connectivity index (χ0) is 24.0. The number of benzene rings is 2. The molecule has 2 saturated carbocycles. The van der Waals surface area contributed by atoms with E-state index in [4.69, 9.17) is 18.9 Å². The van der Waals surface area contributed by atoms with E-state index in [0.717, 1.165) is 55.6 Å². The second-order valence-electron chi connectivity index (χ2n) is 9.46. The highest BCUT2D eigenvalue weighted by atomic mass is 16.7. The Bertz CT molecular complexity index is 945. The smallest absolute Gasteiger partial charge is 0.168 e. The van der Waals surface area contributed by atoms with Gasteiger partial charge in [0.2, 0.25) is 0 Å². The molecule has 0 unspecified atom stereocenters. The highest BCUT2D eigenvalue weighted by Crippen LogP contribution is 2.45. The minimum atomic E-state index is -0.797. The van der Waals surface area contributed by atoms with Crippen molar-refractivity contribution in [2.24, 2.45) is 0 Å². The van der Waals surface area contributed by atoms with Gasteiger partial charge in [-0.3, -0.25) is 4.79 Å². The van der Waals surface area contributed by atoms with E-state index >= 15 is 0 Å². The fourth-order valence-electron chi connectivity index (χ4n) is 5.20. The SMILES string of the molecule is COc1cccc(C2(O)CCC3(CC2)OCCO3)c1.COc1cccc(C2CCC(=O)CC2)c1. The molecule has 34 heavy (non-hydrogen) atoms. The van der Waals surface area contributed by atoms with Crippen molar-refractivity contribution in [1.29, 1.82) is 0 Å². The fourth-order valence-corrected chi connectivity index (χ4v) is 5.20. The lowest BCUT2D eigenvalue weighted by atomic mass is 9.77. The molecule has 0 bridgehead atoms. The van der Waals surface area contributed by atoms with Crippen LogP contribution in [0.1, 0.15) is 68.4 Å². The van der Waals surface area contributed by atoms with Crippen molar-refractivity contribution >= 4 is 5.78 Å². The second kappa shape index (κ2) is 10.9. The first-order chi connectivity index (χ1) is 16.5. The van der Waals surface area contributed by atoms with Crippen LogP contribution in [-0.4, -0.2) is 44.1 Å². The Hall–Kier alpha value is -2.41. The van der Waals surface area contributed by atoms with Crippen molar-refractivity contribution in [1.82, 2.24) is 0 Å². The molecule has 6 heteroatoms. The molecule has 0 aromatic heterocycles. The molecule has 3 aliphatic rings. The highest BCUT2D eigenvalue weighted by molar-refractivity contribution is 5.79. The zero-order valence-corrected chi connectivity index (χ0v) is 20.3. The van der Waals surface area contributed by atoms with Crippen molar-refractivity contribution in [3.63, 3.8) is 0 Å². The Morgan fingerprint density at radius 3 is 2.06 bits per heavy atom. The third-order valence-corrected chi connectivity index (χ3v) is 7.37. The number of rotatable bonds is 4. The molecule has 2 aromatic carbocycles. The molecular formula is C28H36O6. The minimum absolute atomic E-state index is 0.411. The van der Waals surface area contributed by atoms with E-state index in [-0.39, 0.29) is 0 Å². The summed E-state index contributed by atoms with van der Waals surface area (Å²) in [5.74, 6) is 2.20. The number of Topliss-reactive ketones (excluding diaryl/α,β-unsaturated/α-hetero) is 1. The molecular weight excluding hydrogens is 432 g/mol. The molecule has 1 spiro atoms. The van der Waals surface area contributed by atoms with Crippen LogP contribution in [0.25, 0.3) is 0 Å². The van der Waals surface area contributed by atoms with E-state index in [1.807, 2.05) is 36.4 Å². The maximum Gasteiger partial charge on any atom is 0.168 e. The van der Waals surface area contributed by atoms with E-state index in [0.29, 0.717) is 37.8 Å². The summed E-state index contributed by atoms with van der Waals surface area (Å²) in [4.78, 5) is 11.1. The van der Waals surface area contributed by atoms with Gasteiger partial charge in [0.05, 0.1) is 33.0 Å². The average molecular weight is 469 g/mol. The summed E-state index contributed by atoms with van der Waals surface area (Å²) in [5.41, 5.74) is 1.43. The predicted octanol–water partition coefficient (Wildman–Crippen LogP) is 5.12. The van der Waals surface area contributed by atoms with E-state index in [2.05, 4.69) is 12.1 Å². The number of ether oxygens (including phenoxy) is 4. The molecule has 1 heterocycles. The summed E-state index contributed by atoms with van der Waals surface area (Å²) in [5, 5.41) is 10.8. The quantitative estimate of drug-likeness (QED) is 0.671. The monoisotopic (exact) mass is 468 g/mol. The predicted molar refractivity (Wildman–Crippen MR) is 129 cm³/mol. The number of methoxy groups -OCH3 is 2. The van der Waals surface area contributed by atoms with E-state index in [9.17, 15) is 9.90 Å². The van der Waals surface area contributed by atoms with E-state index in [1.54, 1.807) is 14.2 Å². The average Bonchev–Trinajstić information content (AvgIpc) is 3.35. The third kappa shape index (κ3) is 5.80. The van der Waals surface area contributed by atoms with Crippen LogP contribution in [0.5, 0.6) is 11.5 Å². The largest absolute Gasteiger partial charge is 0.497 e. The molecule has 1 N–H and O–H groups in total. The standard InChI is InChI=1S/C15H20O4.C13H16O2/c1-17-13-4-2-3-12(11-13)14(16)5-7-15(8-6-14)18-9-10-19-15;1-15-13-4-2-3-11(9-13)10-5-7-12(14)8-6-10/h2-4,11,16H,5-10H2,1H3;2-4,9-10H,5-8H2,1H3. The third-order valence-electron chi connectivity index (χ3n) is 7.37. The van der Waals surface area contributed by atoms with Gasteiger partial charge >= 0.3 is 0 Å². The lowest BCUT2D eigenvalue weighted by Gasteiger charge is -2.40. The summed E-state index contributed by atoms with van der Waals surface area (Å²) < 4.78 is 21.8. The Labute approximate surface area is 202 Å². The summed E-state index contributed by atoms with van der Waals surface area (Å²) in [6.07, 6.45) is 6.24. The van der Waals surface area contributed by atoms with Gasteiger partial charge in [-0.05, 0) is 67.0 Å². The number of ketones is 1. The molecule has 3 fully saturated rings. The second-order valence-corrected chi connectivity index (χ2v) is 9.46. The van der Waals surface area contributed by atoms with Crippen molar-refractivity contribution in [2.45, 2.75) is 68.7 Å². The molecule has 1 saturated heterocycles. The lowest BCUT2D eigenvalue weighted by molar-refractivity contribution is -0.204. The molecule has 2 aliphatic carbocycles. The van der Waals surface area contributed by atoms with E-state index < -0.39 is 11.4 Å². The van der Waals surface area contributed by atoms with Crippen LogP contribution in [0.4, 0.5) is 0 Å². The summed E-state index contributed by atoms with van der Waals surface area (Å²) in [6.45, 7) is 1.33. The van der Waals surface area contributed by atoms with Crippen LogP contribution < -0.4 is 9.47 Å². The molecule has 0 radical (unpaired) electrons. The summed E-state index contributed by atoms with van der Waals surface area (Å²) in [6, 6.07) is 15.9. The Kier molecular flexibility index (Phi) is 7.91. The van der Waals surface area contributed by atoms with Crippen LogP contribution in [0, 0.1) is 0 Å². The Morgan fingerprint density at radius 1 is 0.853 bits per heavy atom. The van der Waals surface area contributed by atoms with Crippen LogP contribution in [0.2, 0.25) is 0 Å². The first-order valence-electron chi connectivity index (χ1n) is 12.3. The van der Waals surface area contributed by atoms with Gasteiger partial charge in [-0.2, -0.15) is 0 Å². The highest BCUT2D eigenvalue weighted by Gasteiger charge is 2.46. The van der Waals surface area contributed by atoms with Gasteiger partial charge in [-0.25, -0.2) is 0 Å². The Morgan fingerprint density at radius 2 is 1.44 bits per heavy atom. The summed E-state index contributed by atoms with van der Waals surface area (Å²) >= 11 is 0. The molecule has 184 valence electrons. The lowest BCUT2D eigenvalue weighted by Crippen LogP contribution is -2.42. The number of hydrogen-bond donors (Lipinski definition) is 1.